The molecule has 3 rings (SSSR count). The highest BCUT2D eigenvalue weighted by molar-refractivity contribution is 5.94. The molecule has 8 heteroatoms. The maximum Gasteiger partial charge on any atom is 0.275 e. The summed E-state index contributed by atoms with van der Waals surface area (Å²) in [6.07, 6.45) is 1.82. The fraction of sp³-hybridized carbons (Fsp3) is 0.261. The Bertz CT molecular complexity index is 1120. The second kappa shape index (κ2) is 9.97. The van der Waals surface area contributed by atoms with Crippen molar-refractivity contribution in [1.82, 2.24) is 15.1 Å². The highest BCUT2D eigenvalue weighted by Crippen LogP contribution is 2.31. The number of hydrogen-bond donors (Lipinski definition) is 2. The Morgan fingerprint density at radius 2 is 1.94 bits per heavy atom. The van der Waals surface area contributed by atoms with Gasteiger partial charge in [-0.25, -0.2) is 8.78 Å². The highest BCUT2D eigenvalue weighted by atomic mass is 19.1. The van der Waals surface area contributed by atoms with Gasteiger partial charge < -0.3 is 10.0 Å². The molecule has 3 aromatic rings. The number of aromatic amines is 1. The first kappa shape index (κ1) is 22.1. The Balaban J connectivity index is 1.91. The van der Waals surface area contributed by atoms with Crippen LogP contribution in [0.15, 0.2) is 59.5 Å². The largest absolute Gasteiger partial charge is 0.502 e. The van der Waals surface area contributed by atoms with E-state index in [-0.39, 0.29) is 12.2 Å². The molecule has 162 valence electrons. The van der Waals surface area contributed by atoms with Crippen LogP contribution in [-0.2, 0) is 0 Å². The van der Waals surface area contributed by atoms with E-state index in [9.17, 15) is 23.5 Å². The molecule has 0 saturated carbocycles. The number of benzene rings is 2. The number of rotatable bonds is 8. The lowest BCUT2D eigenvalue weighted by Crippen LogP contribution is -2.35. The summed E-state index contributed by atoms with van der Waals surface area (Å²) >= 11 is 0. The summed E-state index contributed by atoms with van der Waals surface area (Å²) in [5.41, 5.74) is -0.0713. The van der Waals surface area contributed by atoms with Gasteiger partial charge in [0.2, 0.25) is 5.43 Å². The first-order valence-corrected chi connectivity index (χ1v) is 9.98. The summed E-state index contributed by atoms with van der Waals surface area (Å²) in [4.78, 5) is 26.0. The van der Waals surface area contributed by atoms with Crippen molar-refractivity contribution in [1.29, 1.82) is 0 Å². The SMILES string of the molecule is CCCN(CCC(c1cccc(F)c1)c1ccccc1F)C(=O)c1[nH]ncc(=O)c1O. The molecule has 1 amide bonds. The van der Waals surface area contributed by atoms with Crippen molar-refractivity contribution in [2.45, 2.75) is 25.7 Å². The number of aromatic hydroxyl groups is 1. The number of H-pyrrole nitrogens is 1. The molecule has 0 spiro atoms. The van der Waals surface area contributed by atoms with Crippen molar-refractivity contribution < 1.29 is 18.7 Å². The fourth-order valence-corrected chi connectivity index (χ4v) is 3.55. The van der Waals surface area contributed by atoms with Crippen LogP contribution in [0.4, 0.5) is 8.78 Å². The van der Waals surface area contributed by atoms with Gasteiger partial charge in [-0.15, -0.1) is 0 Å². The monoisotopic (exact) mass is 427 g/mol. The molecule has 1 aromatic heterocycles. The molecule has 0 radical (unpaired) electrons. The van der Waals surface area contributed by atoms with Gasteiger partial charge in [-0.1, -0.05) is 37.3 Å². The van der Waals surface area contributed by atoms with E-state index < -0.39 is 34.6 Å². The van der Waals surface area contributed by atoms with Crippen molar-refractivity contribution in [3.63, 3.8) is 0 Å². The zero-order valence-corrected chi connectivity index (χ0v) is 17.0. The summed E-state index contributed by atoms with van der Waals surface area (Å²) in [5.74, 6) is -2.63. The average molecular weight is 427 g/mol. The topological polar surface area (TPSA) is 86.3 Å². The third-order valence-corrected chi connectivity index (χ3v) is 5.04. The van der Waals surface area contributed by atoms with E-state index in [0.29, 0.717) is 30.5 Å². The van der Waals surface area contributed by atoms with Gasteiger partial charge in [0.05, 0.1) is 6.20 Å². The van der Waals surface area contributed by atoms with Crippen LogP contribution in [0.5, 0.6) is 5.75 Å². The van der Waals surface area contributed by atoms with Crippen LogP contribution < -0.4 is 5.43 Å². The van der Waals surface area contributed by atoms with E-state index in [1.807, 2.05) is 6.92 Å². The Labute approximate surface area is 178 Å². The summed E-state index contributed by atoms with van der Waals surface area (Å²) < 4.78 is 28.4. The van der Waals surface area contributed by atoms with E-state index in [1.54, 1.807) is 30.3 Å². The number of amides is 1. The van der Waals surface area contributed by atoms with Gasteiger partial charge in [0.1, 0.15) is 11.6 Å². The zero-order valence-electron chi connectivity index (χ0n) is 17.0. The summed E-state index contributed by atoms with van der Waals surface area (Å²) in [6, 6.07) is 12.2. The Morgan fingerprint density at radius 1 is 1.16 bits per heavy atom. The molecular weight excluding hydrogens is 404 g/mol. The van der Waals surface area contributed by atoms with Crippen molar-refractivity contribution in [2.75, 3.05) is 13.1 Å². The third kappa shape index (κ3) is 5.14. The molecule has 31 heavy (non-hydrogen) atoms. The molecule has 1 atom stereocenters. The number of carbonyl (C=O) groups excluding carboxylic acids is 1. The fourth-order valence-electron chi connectivity index (χ4n) is 3.55. The van der Waals surface area contributed by atoms with Crippen LogP contribution in [0.25, 0.3) is 0 Å². The zero-order chi connectivity index (χ0) is 22.4. The molecule has 0 aliphatic rings. The molecule has 1 unspecified atom stereocenters. The lowest BCUT2D eigenvalue weighted by atomic mass is 9.88. The molecule has 0 aliphatic carbocycles. The Morgan fingerprint density at radius 3 is 2.65 bits per heavy atom. The maximum atomic E-state index is 14.6. The van der Waals surface area contributed by atoms with Crippen LogP contribution in [0.2, 0.25) is 0 Å². The van der Waals surface area contributed by atoms with Gasteiger partial charge in [-0.2, -0.15) is 5.10 Å². The van der Waals surface area contributed by atoms with E-state index in [2.05, 4.69) is 10.2 Å². The standard InChI is InChI=1S/C23H23F2N3O3/c1-2-11-28(23(31)21-22(30)20(29)14-26-27-21)12-10-17(15-6-5-7-16(24)13-15)18-8-3-4-9-19(18)25/h3-9,13-14,17H,2,10-12H2,1H3,(H,26,30)(H,27,29). The Kier molecular flexibility index (Phi) is 7.12. The van der Waals surface area contributed by atoms with Gasteiger partial charge >= 0.3 is 0 Å². The number of halogens is 2. The van der Waals surface area contributed by atoms with Crippen molar-refractivity contribution in [3.05, 3.63) is 93.4 Å². The molecule has 0 aliphatic heterocycles. The van der Waals surface area contributed by atoms with E-state index in [1.165, 1.54) is 23.1 Å². The van der Waals surface area contributed by atoms with Gasteiger partial charge in [0, 0.05) is 19.0 Å². The predicted octanol–water partition coefficient (Wildman–Crippen LogP) is 3.83. The van der Waals surface area contributed by atoms with Crippen molar-refractivity contribution >= 4 is 5.91 Å². The Hall–Kier alpha value is -3.55. The second-order valence-corrected chi connectivity index (χ2v) is 7.17. The minimum atomic E-state index is -0.762. The smallest absolute Gasteiger partial charge is 0.275 e. The van der Waals surface area contributed by atoms with Gasteiger partial charge in [-0.3, -0.25) is 14.7 Å². The molecule has 1 heterocycles. The van der Waals surface area contributed by atoms with Gasteiger partial charge in [0.15, 0.2) is 11.4 Å². The molecular formula is C23H23F2N3O3. The van der Waals surface area contributed by atoms with Crippen molar-refractivity contribution in [2.24, 2.45) is 0 Å². The number of aromatic nitrogens is 2. The minimum Gasteiger partial charge on any atom is -0.502 e. The van der Waals surface area contributed by atoms with Crippen LogP contribution in [0.1, 0.15) is 47.3 Å². The van der Waals surface area contributed by atoms with Gasteiger partial charge in [-0.05, 0) is 42.2 Å². The quantitative estimate of drug-likeness (QED) is 0.572. The molecule has 2 aromatic carbocycles. The van der Waals surface area contributed by atoms with E-state index >= 15 is 0 Å². The van der Waals surface area contributed by atoms with Gasteiger partial charge in [0.25, 0.3) is 5.91 Å². The van der Waals surface area contributed by atoms with Crippen LogP contribution in [0.3, 0.4) is 0 Å². The number of carbonyl (C=O) groups is 1. The number of nitrogens with one attached hydrogen (secondary N) is 1. The van der Waals surface area contributed by atoms with Crippen LogP contribution in [-0.4, -0.2) is 39.2 Å². The molecule has 0 bridgehead atoms. The van der Waals surface area contributed by atoms with E-state index in [4.69, 9.17) is 0 Å². The summed E-state index contributed by atoms with van der Waals surface area (Å²) in [7, 11) is 0. The van der Waals surface area contributed by atoms with Crippen molar-refractivity contribution in [3.8, 4) is 5.75 Å². The average Bonchev–Trinajstić information content (AvgIpc) is 2.76. The second-order valence-electron chi connectivity index (χ2n) is 7.17. The lowest BCUT2D eigenvalue weighted by Gasteiger charge is -2.26. The summed E-state index contributed by atoms with van der Waals surface area (Å²) in [5, 5.41) is 15.9. The lowest BCUT2D eigenvalue weighted by molar-refractivity contribution is 0.0740. The van der Waals surface area contributed by atoms with Crippen LogP contribution >= 0.6 is 0 Å². The number of nitrogens with zero attached hydrogens (tertiary/aromatic N) is 2. The first-order chi connectivity index (χ1) is 14.9. The molecule has 6 nitrogen and oxygen atoms in total. The molecule has 2 N–H and O–H groups in total. The van der Waals surface area contributed by atoms with E-state index in [0.717, 1.165) is 6.20 Å². The minimum absolute atomic E-state index is 0.193. The normalized spacial score (nSPS) is 11.8. The maximum absolute atomic E-state index is 14.6. The van der Waals surface area contributed by atoms with Crippen LogP contribution in [0, 0.1) is 11.6 Å². The molecule has 0 saturated heterocycles. The third-order valence-electron chi connectivity index (χ3n) is 5.04. The highest BCUT2D eigenvalue weighted by Gasteiger charge is 2.24. The molecule has 0 fully saturated rings. The number of hydrogen-bond acceptors (Lipinski definition) is 4. The first-order valence-electron chi connectivity index (χ1n) is 9.98. The summed E-state index contributed by atoms with van der Waals surface area (Å²) in [6.45, 7) is 2.42. The predicted molar refractivity (Wildman–Crippen MR) is 112 cm³/mol.